The van der Waals surface area contributed by atoms with Gasteiger partial charge in [0.05, 0.1) is 18.2 Å². The van der Waals surface area contributed by atoms with Crippen LogP contribution in [0, 0.1) is 0 Å². The van der Waals surface area contributed by atoms with Crippen LogP contribution in [0.3, 0.4) is 0 Å². The highest BCUT2D eigenvalue weighted by Gasteiger charge is 2.09. The number of hydrogen-bond acceptors (Lipinski definition) is 8. The minimum absolute atomic E-state index is 0.0231. The molecule has 0 unspecified atom stereocenters. The fourth-order valence-corrected chi connectivity index (χ4v) is 1.88. The van der Waals surface area contributed by atoms with Gasteiger partial charge in [0.1, 0.15) is 10.3 Å². The molecule has 0 aromatic carbocycles. The SMILES string of the molecule is COC(=O)c1cccnc1Cl.COC(OC)OC.O=C(O)c1cccnc1Cl. The van der Waals surface area contributed by atoms with E-state index in [1.54, 1.807) is 12.1 Å². The number of aromatic carboxylic acids is 1. The normalized spacial score (nSPS) is 9.54. The number of carboxylic acids is 1. The fraction of sp³-hybridized carbons (Fsp3) is 0.294. The molecule has 1 N–H and O–H groups in total. The second kappa shape index (κ2) is 14.7. The van der Waals surface area contributed by atoms with Crippen LogP contribution in [0.1, 0.15) is 20.7 Å². The smallest absolute Gasteiger partial charge is 0.341 e. The molecular weight excluding hydrogens is 415 g/mol. The van der Waals surface area contributed by atoms with Crippen LogP contribution in [0.25, 0.3) is 0 Å². The van der Waals surface area contributed by atoms with E-state index >= 15 is 0 Å². The minimum Gasteiger partial charge on any atom is -0.478 e. The highest BCUT2D eigenvalue weighted by molar-refractivity contribution is 6.32. The fourth-order valence-electron chi connectivity index (χ4n) is 1.48. The predicted octanol–water partition coefficient (Wildman–Crippen LogP) is 3.16. The lowest BCUT2D eigenvalue weighted by Gasteiger charge is -2.08. The van der Waals surface area contributed by atoms with Crippen LogP contribution in [0.4, 0.5) is 0 Å². The molecule has 0 spiro atoms. The summed E-state index contributed by atoms with van der Waals surface area (Å²) in [4.78, 5) is 28.5. The third-order valence-electron chi connectivity index (χ3n) is 2.73. The Hall–Kier alpha value is -2.30. The van der Waals surface area contributed by atoms with Gasteiger partial charge in [-0.15, -0.1) is 0 Å². The summed E-state index contributed by atoms with van der Waals surface area (Å²) in [6, 6.07) is 6.10. The number of rotatable bonds is 5. The lowest BCUT2D eigenvalue weighted by atomic mass is 10.3. The number of halogens is 2. The number of carboxylic acid groups (broad SMARTS) is 1. The largest absolute Gasteiger partial charge is 0.478 e. The van der Waals surface area contributed by atoms with Gasteiger partial charge in [0.15, 0.2) is 0 Å². The first-order chi connectivity index (χ1) is 13.3. The van der Waals surface area contributed by atoms with Crippen molar-refractivity contribution in [2.24, 2.45) is 0 Å². The van der Waals surface area contributed by atoms with Gasteiger partial charge in [0, 0.05) is 33.7 Å². The van der Waals surface area contributed by atoms with Gasteiger partial charge in [-0.2, -0.15) is 0 Å². The molecule has 0 saturated carbocycles. The van der Waals surface area contributed by atoms with Crippen molar-refractivity contribution in [3.63, 3.8) is 0 Å². The molecule has 0 aliphatic carbocycles. The Labute approximate surface area is 172 Å². The molecule has 2 aromatic rings. The van der Waals surface area contributed by atoms with Crippen LogP contribution < -0.4 is 0 Å². The van der Waals surface area contributed by atoms with Gasteiger partial charge < -0.3 is 24.1 Å². The highest BCUT2D eigenvalue weighted by Crippen LogP contribution is 2.12. The van der Waals surface area contributed by atoms with Crippen LogP contribution >= 0.6 is 23.2 Å². The topological polar surface area (TPSA) is 117 Å². The zero-order chi connectivity index (χ0) is 21.5. The van der Waals surface area contributed by atoms with Crippen LogP contribution in [0.2, 0.25) is 10.3 Å². The lowest BCUT2D eigenvalue weighted by Crippen LogP contribution is -2.14. The number of ether oxygens (including phenoxy) is 4. The summed E-state index contributed by atoms with van der Waals surface area (Å²) in [6.45, 7) is -0.514. The maximum atomic E-state index is 10.9. The van der Waals surface area contributed by atoms with E-state index < -0.39 is 18.4 Å². The Morgan fingerprint density at radius 3 is 1.57 bits per heavy atom. The number of nitrogens with zero attached hydrogens (tertiary/aromatic N) is 2. The average Bonchev–Trinajstić information content (AvgIpc) is 2.70. The van der Waals surface area contributed by atoms with E-state index in [-0.39, 0.29) is 21.4 Å². The molecule has 0 aliphatic rings. The Balaban J connectivity index is 0.000000402. The molecule has 154 valence electrons. The van der Waals surface area contributed by atoms with Crippen molar-refractivity contribution in [1.29, 1.82) is 0 Å². The Kier molecular flexibility index (Phi) is 13.5. The molecule has 0 radical (unpaired) electrons. The number of aromatic nitrogens is 2. The molecule has 0 fully saturated rings. The Morgan fingerprint density at radius 2 is 1.32 bits per heavy atom. The molecule has 0 saturated heterocycles. The van der Waals surface area contributed by atoms with Gasteiger partial charge in [-0.05, 0) is 24.3 Å². The standard InChI is InChI=1S/C7H6ClNO2.C6H4ClNO2.C4H10O3/c1-11-7(10)5-3-2-4-9-6(5)8;7-5-4(6(9)10)2-1-3-8-5;1-5-4(6-2)7-3/h2-4H,1H3;1-3H,(H,9,10);4H,1-3H3. The summed E-state index contributed by atoms with van der Waals surface area (Å²) >= 11 is 11.0. The highest BCUT2D eigenvalue weighted by atomic mass is 35.5. The molecule has 0 aliphatic heterocycles. The number of esters is 1. The van der Waals surface area contributed by atoms with Crippen molar-refractivity contribution in [1.82, 2.24) is 9.97 Å². The van der Waals surface area contributed by atoms with Gasteiger partial charge in [-0.3, -0.25) is 0 Å². The first-order valence-corrected chi connectivity index (χ1v) is 8.18. The molecule has 2 aromatic heterocycles. The second-order valence-corrected chi connectivity index (χ2v) is 5.19. The van der Waals surface area contributed by atoms with Crippen molar-refractivity contribution in [2.75, 3.05) is 28.4 Å². The third kappa shape index (κ3) is 9.58. The van der Waals surface area contributed by atoms with E-state index in [1.807, 2.05) is 0 Å². The van der Waals surface area contributed by atoms with Gasteiger partial charge in [0.25, 0.3) is 6.48 Å². The van der Waals surface area contributed by atoms with Crippen molar-refractivity contribution in [3.8, 4) is 0 Å². The van der Waals surface area contributed by atoms with E-state index in [0.29, 0.717) is 0 Å². The molecular formula is C17H20Cl2N2O7. The molecule has 0 amide bonds. The summed E-state index contributed by atoms with van der Waals surface area (Å²) in [5, 5.41) is 8.63. The number of carbonyl (C=O) groups excluding carboxylic acids is 1. The number of pyridine rings is 2. The average molecular weight is 435 g/mol. The summed E-state index contributed by atoms with van der Waals surface area (Å²) < 4.78 is 18.3. The monoisotopic (exact) mass is 434 g/mol. The number of methoxy groups -OCH3 is 4. The number of hydrogen-bond donors (Lipinski definition) is 1. The Bertz CT molecular complexity index is 737. The van der Waals surface area contributed by atoms with E-state index in [1.165, 1.54) is 53.0 Å². The summed E-state index contributed by atoms with van der Waals surface area (Å²) in [7, 11) is 5.83. The van der Waals surface area contributed by atoms with Crippen molar-refractivity contribution in [3.05, 3.63) is 58.1 Å². The zero-order valence-corrected chi connectivity index (χ0v) is 17.1. The van der Waals surface area contributed by atoms with E-state index in [2.05, 4.69) is 28.9 Å². The van der Waals surface area contributed by atoms with Gasteiger partial charge in [0.2, 0.25) is 0 Å². The van der Waals surface area contributed by atoms with Crippen molar-refractivity contribution in [2.45, 2.75) is 6.48 Å². The Morgan fingerprint density at radius 1 is 0.893 bits per heavy atom. The first-order valence-electron chi connectivity index (χ1n) is 7.43. The van der Waals surface area contributed by atoms with Crippen LogP contribution in [0.15, 0.2) is 36.7 Å². The predicted molar refractivity (Wildman–Crippen MR) is 102 cm³/mol. The minimum atomic E-state index is -1.06. The molecule has 9 nitrogen and oxygen atoms in total. The molecule has 11 heteroatoms. The van der Waals surface area contributed by atoms with E-state index in [9.17, 15) is 9.59 Å². The summed E-state index contributed by atoms with van der Waals surface area (Å²) in [6.07, 6.45) is 2.95. The van der Waals surface area contributed by atoms with E-state index in [4.69, 9.17) is 28.3 Å². The van der Waals surface area contributed by atoms with Crippen LogP contribution in [-0.2, 0) is 18.9 Å². The molecule has 2 rings (SSSR count). The maximum Gasteiger partial charge on any atom is 0.341 e. The summed E-state index contributed by atoms with van der Waals surface area (Å²) in [5.74, 6) is -1.53. The molecule has 0 atom stereocenters. The van der Waals surface area contributed by atoms with Crippen molar-refractivity contribution < 1.29 is 33.6 Å². The van der Waals surface area contributed by atoms with Crippen molar-refractivity contribution >= 4 is 35.1 Å². The van der Waals surface area contributed by atoms with Gasteiger partial charge in [-0.25, -0.2) is 19.6 Å². The zero-order valence-electron chi connectivity index (χ0n) is 15.6. The maximum absolute atomic E-state index is 10.9. The molecule has 28 heavy (non-hydrogen) atoms. The molecule has 2 heterocycles. The van der Waals surface area contributed by atoms with Crippen LogP contribution in [-0.4, -0.2) is 61.9 Å². The first kappa shape index (κ1) is 25.7. The van der Waals surface area contributed by atoms with Gasteiger partial charge in [-0.1, -0.05) is 23.2 Å². The second-order valence-electron chi connectivity index (χ2n) is 4.48. The van der Waals surface area contributed by atoms with E-state index in [0.717, 1.165) is 0 Å². The number of carbonyl (C=O) groups is 2. The third-order valence-corrected chi connectivity index (χ3v) is 3.33. The molecule has 0 bridgehead atoms. The summed E-state index contributed by atoms with van der Waals surface area (Å²) in [5.41, 5.74) is 0.320. The van der Waals surface area contributed by atoms with Gasteiger partial charge >= 0.3 is 11.9 Å². The van der Waals surface area contributed by atoms with Crippen LogP contribution in [0.5, 0.6) is 0 Å². The lowest BCUT2D eigenvalue weighted by molar-refractivity contribution is -0.252. The quantitative estimate of drug-likeness (QED) is 0.429.